The van der Waals surface area contributed by atoms with Crippen LogP contribution in [0.4, 0.5) is 4.79 Å². The zero-order valence-corrected chi connectivity index (χ0v) is 25.3. The van der Waals surface area contributed by atoms with Crippen LogP contribution in [0, 0.1) is 0 Å². The Morgan fingerprint density at radius 2 is 1.78 bits per heavy atom. The van der Waals surface area contributed by atoms with Crippen molar-refractivity contribution in [2.24, 2.45) is 0 Å². The van der Waals surface area contributed by atoms with Crippen LogP contribution < -0.4 is 15.4 Å². The Hall–Kier alpha value is -4.95. The number of carbonyl (C=O) groups excluding carboxylic acids is 5. The van der Waals surface area contributed by atoms with Crippen LogP contribution in [0.5, 0.6) is 5.75 Å². The minimum absolute atomic E-state index is 0.0970. The first-order chi connectivity index (χ1) is 21.6. The number of benzene rings is 1. The maximum absolute atomic E-state index is 13.5. The SMILES string of the molecule is CCOC(=O)N1CCN(C(=O)C(CCC(=O)O)NC(=O)c2cc(OCC(=O)N3CCNC(=O)[C@@H]3CC)c3ccccc3n2)CC1. The molecule has 1 aromatic carbocycles. The number of ether oxygens (including phenoxy) is 2. The number of amides is 5. The van der Waals surface area contributed by atoms with Crippen molar-refractivity contribution >= 4 is 46.6 Å². The first-order valence-corrected chi connectivity index (χ1v) is 15.0. The van der Waals surface area contributed by atoms with Crippen molar-refractivity contribution in [3.63, 3.8) is 0 Å². The van der Waals surface area contributed by atoms with E-state index >= 15 is 0 Å². The molecule has 15 heteroatoms. The van der Waals surface area contributed by atoms with Gasteiger partial charge in [0.25, 0.3) is 11.8 Å². The van der Waals surface area contributed by atoms with Gasteiger partial charge in [-0.05, 0) is 31.9 Å². The number of nitrogens with zero attached hydrogens (tertiary/aromatic N) is 4. The molecule has 3 N–H and O–H groups in total. The second-order valence-electron chi connectivity index (χ2n) is 10.6. The van der Waals surface area contributed by atoms with Crippen LogP contribution in [-0.2, 0) is 23.9 Å². The highest BCUT2D eigenvalue weighted by molar-refractivity contribution is 5.99. The molecule has 3 heterocycles. The van der Waals surface area contributed by atoms with Crippen LogP contribution in [-0.4, -0.2) is 125 Å². The van der Waals surface area contributed by atoms with Gasteiger partial charge < -0.3 is 39.9 Å². The van der Waals surface area contributed by atoms with Gasteiger partial charge in [-0.3, -0.25) is 24.0 Å². The lowest BCUT2D eigenvalue weighted by atomic mass is 10.1. The van der Waals surface area contributed by atoms with E-state index in [2.05, 4.69) is 15.6 Å². The van der Waals surface area contributed by atoms with Crippen LogP contribution in [0.3, 0.4) is 0 Å². The maximum Gasteiger partial charge on any atom is 0.409 e. The van der Waals surface area contributed by atoms with Gasteiger partial charge in [-0.25, -0.2) is 9.78 Å². The largest absolute Gasteiger partial charge is 0.483 e. The number of carbonyl (C=O) groups is 6. The van der Waals surface area contributed by atoms with Crippen molar-refractivity contribution in [3.05, 3.63) is 36.0 Å². The van der Waals surface area contributed by atoms with Gasteiger partial charge in [0.15, 0.2) is 6.61 Å². The highest BCUT2D eigenvalue weighted by Crippen LogP contribution is 2.26. The molecule has 15 nitrogen and oxygen atoms in total. The van der Waals surface area contributed by atoms with Gasteiger partial charge >= 0.3 is 12.1 Å². The molecule has 2 aliphatic heterocycles. The van der Waals surface area contributed by atoms with Crippen molar-refractivity contribution in [1.82, 2.24) is 30.3 Å². The number of piperazine rings is 2. The predicted molar refractivity (Wildman–Crippen MR) is 159 cm³/mol. The molecule has 2 aliphatic rings. The van der Waals surface area contributed by atoms with E-state index < -0.39 is 36.0 Å². The average molecular weight is 627 g/mol. The fraction of sp³-hybridized carbons (Fsp3) is 0.500. The fourth-order valence-corrected chi connectivity index (χ4v) is 5.32. The minimum atomic E-state index is -1.17. The van der Waals surface area contributed by atoms with Crippen molar-refractivity contribution in [3.8, 4) is 5.75 Å². The third-order valence-electron chi connectivity index (χ3n) is 7.67. The molecule has 1 aromatic heterocycles. The van der Waals surface area contributed by atoms with Crippen molar-refractivity contribution in [2.45, 2.75) is 45.2 Å². The number of para-hydroxylation sites is 1. The molecule has 0 aliphatic carbocycles. The maximum atomic E-state index is 13.5. The third-order valence-corrected chi connectivity index (χ3v) is 7.67. The second kappa shape index (κ2) is 15.2. The molecule has 2 fully saturated rings. The van der Waals surface area contributed by atoms with E-state index in [-0.39, 0.29) is 75.5 Å². The quantitative estimate of drug-likeness (QED) is 0.319. The van der Waals surface area contributed by atoms with Gasteiger partial charge in [-0.2, -0.15) is 0 Å². The summed E-state index contributed by atoms with van der Waals surface area (Å²) < 4.78 is 10.9. The molecule has 2 saturated heterocycles. The molecule has 2 aromatic rings. The van der Waals surface area contributed by atoms with Crippen LogP contribution in [0.2, 0.25) is 0 Å². The van der Waals surface area contributed by atoms with E-state index in [1.54, 1.807) is 31.2 Å². The van der Waals surface area contributed by atoms with Crippen molar-refractivity contribution < 1.29 is 43.3 Å². The lowest BCUT2D eigenvalue weighted by Gasteiger charge is -2.35. The summed E-state index contributed by atoms with van der Waals surface area (Å²) in [6, 6.07) is 6.46. The molecular weight excluding hydrogens is 588 g/mol. The minimum Gasteiger partial charge on any atom is -0.483 e. The second-order valence-corrected chi connectivity index (χ2v) is 10.6. The summed E-state index contributed by atoms with van der Waals surface area (Å²) in [4.78, 5) is 84.4. The Bertz CT molecular complexity index is 1440. The Kier molecular flexibility index (Phi) is 11.1. The number of fused-ring (bicyclic) bond motifs is 1. The zero-order chi connectivity index (χ0) is 32.5. The normalized spacial score (nSPS) is 17.3. The fourth-order valence-electron chi connectivity index (χ4n) is 5.32. The summed E-state index contributed by atoms with van der Waals surface area (Å²) in [5, 5.41) is 15.2. The molecule has 242 valence electrons. The number of hydrogen-bond acceptors (Lipinski definition) is 9. The molecule has 0 spiro atoms. The van der Waals surface area contributed by atoms with E-state index in [4.69, 9.17) is 9.47 Å². The Morgan fingerprint density at radius 3 is 2.47 bits per heavy atom. The van der Waals surface area contributed by atoms with Crippen LogP contribution in [0.25, 0.3) is 10.9 Å². The summed E-state index contributed by atoms with van der Waals surface area (Å²) >= 11 is 0. The van der Waals surface area contributed by atoms with Crippen LogP contribution >= 0.6 is 0 Å². The predicted octanol–water partition coefficient (Wildman–Crippen LogP) is 0.615. The highest BCUT2D eigenvalue weighted by Gasteiger charge is 2.33. The number of hydrogen-bond donors (Lipinski definition) is 3. The van der Waals surface area contributed by atoms with Crippen LogP contribution in [0.15, 0.2) is 30.3 Å². The summed E-state index contributed by atoms with van der Waals surface area (Å²) in [7, 11) is 0. The topological polar surface area (TPSA) is 188 Å². The van der Waals surface area contributed by atoms with Gasteiger partial charge in [-0.15, -0.1) is 0 Å². The van der Waals surface area contributed by atoms with E-state index in [1.807, 2.05) is 6.92 Å². The number of rotatable bonds is 11. The summed E-state index contributed by atoms with van der Waals surface area (Å²) in [6.45, 7) is 4.89. The number of carboxylic acids is 1. The van der Waals surface area contributed by atoms with E-state index in [0.29, 0.717) is 30.4 Å². The van der Waals surface area contributed by atoms with Crippen molar-refractivity contribution in [2.75, 3.05) is 52.5 Å². The molecule has 45 heavy (non-hydrogen) atoms. The van der Waals surface area contributed by atoms with Gasteiger partial charge in [0, 0.05) is 57.1 Å². The summed E-state index contributed by atoms with van der Waals surface area (Å²) in [5.41, 5.74) is 0.306. The number of aliphatic carboxylic acids is 1. The van der Waals surface area contributed by atoms with E-state index in [1.165, 1.54) is 20.8 Å². The smallest absolute Gasteiger partial charge is 0.409 e. The number of carboxylic acid groups (broad SMARTS) is 1. The third kappa shape index (κ3) is 8.16. The average Bonchev–Trinajstić information content (AvgIpc) is 3.04. The molecule has 2 atom stereocenters. The summed E-state index contributed by atoms with van der Waals surface area (Å²) in [6.07, 6.45) is -0.558. The number of nitrogens with one attached hydrogen (secondary N) is 2. The number of aromatic nitrogens is 1. The molecule has 4 rings (SSSR count). The molecule has 0 saturated carbocycles. The van der Waals surface area contributed by atoms with Crippen LogP contribution in [0.1, 0.15) is 43.6 Å². The van der Waals surface area contributed by atoms with Gasteiger partial charge in [-0.1, -0.05) is 19.1 Å². The molecule has 0 radical (unpaired) electrons. The van der Waals surface area contributed by atoms with Gasteiger partial charge in [0.1, 0.15) is 23.5 Å². The zero-order valence-electron chi connectivity index (χ0n) is 25.3. The first-order valence-electron chi connectivity index (χ1n) is 15.0. The van der Waals surface area contributed by atoms with Gasteiger partial charge in [0.05, 0.1) is 12.1 Å². The molecule has 0 bridgehead atoms. The Balaban J connectivity index is 1.50. The van der Waals surface area contributed by atoms with Gasteiger partial charge in [0.2, 0.25) is 11.8 Å². The molecule has 1 unspecified atom stereocenters. The molecule has 5 amide bonds. The Morgan fingerprint density at radius 1 is 1.07 bits per heavy atom. The lowest BCUT2D eigenvalue weighted by molar-refractivity contribution is -0.144. The van der Waals surface area contributed by atoms with E-state index in [9.17, 15) is 33.9 Å². The van der Waals surface area contributed by atoms with Crippen molar-refractivity contribution in [1.29, 1.82) is 0 Å². The standard InChI is InChI=1S/C30H38N6O9/c1-3-23-28(41)31-11-12-36(23)25(37)18-45-24-17-22(32-20-8-6-5-7-19(20)24)27(40)33-21(9-10-26(38)39)29(42)34-13-15-35(16-14-34)30(43)44-4-2/h5-8,17,21,23H,3-4,9-16,18H2,1-2H3,(H,31,41)(H,33,40)(H,38,39)/t21?,23-/m0/s1. The first kappa shape index (κ1) is 33.0. The lowest BCUT2D eigenvalue weighted by Crippen LogP contribution is -2.57. The Labute approximate surface area is 259 Å². The number of pyridine rings is 1. The summed E-state index contributed by atoms with van der Waals surface area (Å²) in [5.74, 6) is -2.74. The highest BCUT2D eigenvalue weighted by atomic mass is 16.6. The van der Waals surface area contributed by atoms with E-state index in [0.717, 1.165) is 0 Å². The molecular formula is C30H38N6O9. The monoisotopic (exact) mass is 626 g/mol.